The Morgan fingerprint density at radius 1 is 1.24 bits per heavy atom. The number of methoxy groups -OCH3 is 2. The molecule has 0 bridgehead atoms. The first-order valence-electron chi connectivity index (χ1n) is 11.8. The molecule has 0 fully saturated rings. The molecule has 12 heteroatoms. The molecule has 1 aliphatic rings. The van der Waals surface area contributed by atoms with Crippen LogP contribution in [0, 0.1) is 10.1 Å². The normalized spacial score (nSPS) is 19.5. The van der Waals surface area contributed by atoms with Crippen molar-refractivity contribution in [1.82, 2.24) is 29.7 Å². The Balaban J connectivity index is 1.71. The van der Waals surface area contributed by atoms with Gasteiger partial charge in [0.2, 0.25) is 5.95 Å². The second-order valence-corrected chi connectivity index (χ2v) is 9.17. The minimum Gasteiger partial charge on any atom is -0.495 e. The molecule has 3 heterocycles. The molecule has 0 saturated heterocycles. The summed E-state index contributed by atoms with van der Waals surface area (Å²) in [6, 6.07) is 2.91. The van der Waals surface area contributed by atoms with Gasteiger partial charge < -0.3 is 29.6 Å². The predicted octanol–water partition coefficient (Wildman–Crippen LogP) is 2.43. The fraction of sp³-hybridized carbons (Fsp3) is 0.400. The summed E-state index contributed by atoms with van der Waals surface area (Å²) in [4.78, 5) is 27.4. The standard InChI is InChI=1S/C25H32N8O4/c1-26-25(8-10-31(2)3)13-19(36-5)18(12-21(25)33(34)35)29-24-28-15-20(37-6)22(30-24)17-11-16-7-9-32(4)23(16)27-14-17/h7,9,11-15,21,26H,8,10H2,1-6H3,(H,28,29,30). The van der Waals surface area contributed by atoms with Gasteiger partial charge in [0.25, 0.3) is 6.04 Å². The highest BCUT2D eigenvalue weighted by molar-refractivity contribution is 5.82. The third-order valence-corrected chi connectivity index (χ3v) is 6.59. The second-order valence-electron chi connectivity index (χ2n) is 9.17. The van der Waals surface area contributed by atoms with Gasteiger partial charge in [-0.25, -0.2) is 15.0 Å². The minimum absolute atomic E-state index is 0.241. The van der Waals surface area contributed by atoms with Crippen LogP contribution < -0.4 is 15.4 Å². The highest BCUT2D eigenvalue weighted by atomic mass is 16.6. The maximum absolute atomic E-state index is 12.2. The van der Waals surface area contributed by atoms with Gasteiger partial charge in [0, 0.05) is 41.4 Å². The van der Waals surface area contributed by atoms with Crippen LogP contribution in [0.5, 0.6) is 5.75 Å². The van der Waals surface area contributed by atoms with Gasteiger partial charge >= 0.3 is 0 Å². The van der Waals surface area contributed by atoms with Crippen LogP contribution in [-0.2, 0) is 11.8 Å². The van der Waals surface area contributed by atoms with E-state index in [4.69, 9.17) is 9.47 Å². The molecule has 4 rings (SSSR count). The van der Waals surface area contributed by atoms with Gasteiger partial charge in [-0.1, -0.05) is 0 Å². The Morgan fingerprint density at radius 2 is 2.03 bits per heavy atom. The zero-order chi connectivity index (χ0) is 26.7. The van der Waals surface area contributed by atoms with Crippen LogP contribution in [0.4, 0.5) is 5.95 Å². The van der Waals surface area contributed by atoms with E-state index in [-0.39, 0.29) is 10.9 Å². The number of fused-ring (bicyclic) bond motifs is 1. The first kappa shape index (κ1) is 26.0. The third-order valence-electron chi connectivity index (χ3n) is 6.59. The topological polar surface area (TPSA) is 132 Å². The number of aryl methyl sites for hydroxylation is 1. The van der Waals surface area contributed by atoms with Gasteiger partial charge in [-0.05, 0) is 52.3 Å². The molecule has 196 valence electrons. The van der Waals surface area contributed by atoms with Gasteiger partial charge in [-0.2, -0.15) is 0 Å². The van der Waals surface area contributed by atoms with Gasteiger partial charge in [-0.15, -0.1) is 0 Å². The highest BCUT2D eigenvalue weighted by Gasteiger charge is 2.46. The average Bonchev–Trinajstić information content (AvgIpc) is 3.27. The number of hydrogen-bond acceptors (Lipinski definition) is 10. The molecule has 0 aromatic carbocycles. The van der Waals surface area contributed by atoms with Crippen molar-refractivity contribution in [3.63, 3.8) is 0 Å². The summed E-state index contributed by atoms with van der Waals surface area (Å²) >= 11 is 0. The zero-order valence-corrected chi connectivity index (χ0v) is 21.8. The van der Waals surface area contributed by atoms with Gasteiger partial charge in [0.15, 0.2) is 5.75 Å². The highest BCUT2D eigenvalue weighted by Crippen LogP contribution is 2.33. The first-order chi connectivity index (χ1) is 17.7. The maximum Gasteiger partial charge on any atom is 0.255 e. The summed E-state index contributed by atoms with van der Waals surface area (Å²) in [6.07, 6.45) is 9.05. The molecule has 0 aliphatic heterocycles. The Kier molecular flexibility index (Phi) is 7.41. The lowest BCUT2D eigenvalue weighted by Gasteiger charge is -2.36. The molecule has 0 spiro atoms. The number of nitrogens with zero attached hydrogens (tertiary/aromatic N) is 6. The Morgan fingerprint density at radius 3 is 2.68 bits per heavy atom. The number of anilines is 1. The van der Waals surface area contributed by atoms with E-state index in [9.17, 15) is 10.1 Å². The van der Waals surface area contributed by atoms with Gasteiger partial charge in [-0.3, -0.25) is 10.1 Å². The first-order valence-corrected chi connectivity index (χ1v) is 11.8. The summed E-state index contributed by atoms with van der Waals surface area (Å²) in [5.41, 5.74) is 1.63. The maximum atomic E-state index is 12.2. The Bertz CT molecular complexity index is 1370. The minimum atomic E-state index is -1.04. The lowest BCUT2D eigenvalue weighted by molar-refractivity contribution is -0.519. The third kappa shape index (κ3) is 5.11. The number of ether oxygens (including phenoxy) is 2. The molecule has 0 radical (unpaired) electrons. The Hall–Kier alpha value is -4.03. The molecule has 3 aromatic rings. The van der Waals surface area contributed by atoms with E-state index >= 15 is 0 Å². The van der Waals surface area contributed by atoms with Crippen LogP contribution in [0.25, 0.3) is 22.3 Å². The van der Waals surface area contributed by atoms with E-state index in [1.165, 1.54) is 7.11 Å². The van der Waals surface area contributed by atoms with Crippen LogP contribution in [0.2, 0.25) is 0 Å². The molecule has 0 saturated carbocycles. The summed E-state index contributed by atoms with van der Waals surface area (Å²) in [7, 11) is 10.6. The molecular formula is C25H32N8O4. The van der Waals surface area contributed by atoms with Crippen molar-refractivity contribution < 1.29 is 14.4 Å². The van der Waals surface area contributed by atoms with Gasteiger partial charge in [0.05, 0.1) is 26.1 Å². The average molecular weight is 509 g/mol. The molecule has 37 heavy (non-hydrogen) atoms. The van der Waals surface area contributed by atoms with Crippen molar-refractivity contribution in [2.45, 2.75) is 18.0 Å². The summed E-state index contributed by atoms with van der Waals surface area (Å²) in [5.74, 6) is 1.17. The van der Waals surface area contributed by atoms with E-state index in [2.05, 4.69) is 25.6 Å². The fourth-order valence-electron chi connectivity index (χ4n) is 4.47. The van der Waals surface area contributed by atoms with E-state index in [0.717, 1.165) is 16.6 Å². The summed E-state index contributed by atoms with van der Waals surface area (Å²) in [6.45, 7) is 0.653. The molecule has 1 aliphatic carbocycles. The monoisotopic (exact) mass is 508 g/mol. The smallest absolute Gasteiger partial charge is 0.255 e. The summed E-state index contributed by atoms with van der Waals surface area (Å²) in [5, 5.41) is 19.4. The van der Waals surface area contributed by atoms with Gasteiger partial charge in [0.1, 0.15) is 22.6 Å². The molecule has 2 atom stereocenters. The van der Waals surface area contributed by atoms with Crippen molar-refractivity contribution >= 4 is 17.0 Å². The molecule has 3 aromatic heterocycles. The molecule has 2 unspecified atom stereocenters. The lowest BCUT2D eigenvalue weighted by atomic mass is 9.82. The van der Waals surface area contributed by atoms with Crippen LogP contribution in [0.15, 0.2) is 54.3 Å². The fourth-order valence-corrected chi connectivity index (χ4v) is 4.47. The quantitative estimate of drug-likeness (QED) is 0.311. The summed E-state index contributed by atoms with van der Waals surface area (Å²) < 4.78 is 13.1. The largest absolute Gasteiger partial charge is 0.495 e. The Labute approximate surface area is 215 Å². The van der Waals surface area contributed by atoms with E-state index in [1.807, 2.05) is 48.9 Å². The van der Waals surface area contributed by atoms with Crippen molar-refractivity contribution in [1.29, 1.82) is 0 Å². The second kappa shape index (κ2) is 10.5. The van der Waals surface area contributed by atoms with Crippen molar-refractivity contribution in [2.75, 3.05) is 47.2 Å². The molecular weight excluding hydrogens is 476 g/mol. The number of nitro groups is 1. The van der Waals surface area contributed by atoms with Crippen LogP contribution >= 0.6 is 0 Å². The number of pyridine rings is 1. The van der Waals surface area contributed by atoms with Crippen LogP contribution in [-0.4, -0.2) is 82.8 Å². The number of aromatic nitrogens is 4. The SMILES string of the molecule is CNC1(CCN(C)C)C=C(OC)C(Nc2ncc(OC)c(-c3cnc4c(ccn4C)c3)n2)=CC1[N+](=O)[O-]. The van der Waals surface area contributed by atoms with Crippen molar-refractivity contribution in [3.8, 4) is 17.0 Å². The zero-order valence-electron chi connectivity index (χ0n) is 21.8. The van der Waals surface area contributed by atoms with E-state index in [0.29, 0.717) is 35.9 Å². The number of nitrogens with one attached hydrogen (secondary N) is 2. The van der Waals surface area contributed by atoms with Crippen LogP contribution in [0.3, 0.4) is 0 Å². The van der Waals surface area contributed by atoms with E-state index in [1.54, 1.807) is 38.7 Å². The molecule has 12 nitrogen and oxygen atoms in total. The molecule has 0 amide bonds. The number of hydrogen-bond donors (Lipinski definition) is 2. The molecule has 2 N–H and O–H groups in total. The van der Waals surface area contributed by atoms with Crippen molar-refractivity contribution in [3.05, 3.63) is 64.4 Å². The lowest BCUT2D eigenvalue weighted by Crippen LogP contribution is -2.57. The van der Waals surface area contributed by atoms with Crippen molar-refractivity contribution in [2.24, 2.45) is 7.05 Å². The van der Waals surface area contributed by atoms with E-state index < -0.39 is 11.6 Å². The predicted molar refractivity (Wildman–Crippen MR) is 141 cm³/mol. The number of rotatable bonds is 10. The van der Waals surface area contributed by atoms with Crippen LogP contribution in [0.1, 0.15) is 6.42 Å². The number of likely N-dealkylation sites (N-methyl/N-ethyl adjacent to an activating group) is 1.